The summed E-state index contributed by atoms with van der Waals surface area (Å²) in [6, 6.07) is 0. The molecule has 0 spiro atoms. The van der Waals surface area contributed by atoms with Gasteiger partial charge < -0.3 is 0 Å². The third-order valence-electron chi connectivity index (χ3n) is 1.69. The van der Waals surface area contributed by atoms with Gasteiger partial charge in [0.1, 0.15) is 0 Å². The molecule has 0 atom stereocenters. The molecule has 1 rings (SSSR count). The van der Waals surface area contributed by atoms with Gasteiger partial charge in [-0.2, -0.15) is 13.2 Å². The van der Waals surface area contributed by atoms with Gasteiger partial charge in [0.2, 0.25) is 5.95 Å². The Kier molecular flexibility index (Phi) is 2.36. The Labute approximate surface area is 74.4 Å². The van der Waals surface area contributed by atoms with Crippen LogP contribution in [0.4, 0.5) is 13.2 Å². The van der Waals surface area contributed by atoms with Crippen molar-refractivity contribution in [3.63, 3.8) is 0 Å². The van der Waals surface area contributed by atoms with Crippen LogP contribution in [0.3, 0.4) is 0 Å². The molecule has 0 amide bonds. The predicted octanol–water partition coefficient (Wildman–Crippen LogP) is 2.71. The maximum atomic E-state index is 13.0. The third-order valence-corrected chi connectivity index (χ3v) is 1.69. The molecule has 1 heterocycles. The van der Waals surface area contributed by atoms with E-state index in [1.807, 2.05) is 0 Å². The summed E-state index contributed by atoms with van der Waals surface area (Å²) < 4.78 is 37.5. The highest BCUT2D eigenvalue weighted by atomic mass is 19.3. The summed E-state index contributed by atoms with van der Waals surface area (Å²) >= 11 is 0. The van der Waals surface area contributed by atoms with Crippen molar-refractivity contribution >= 4 is 0 Å². The van der Waals surface area contributed by atoms with E-state index in [1.165, 1.54) is 0 Å². The van der Waals surface area contributed by atoms with E-state index in [-0.39, 0.29) is 5.56 Å². The summed E-state index contributed by atoms with van der Waals surface area (Å²) in [4.78, 5) is 0. The number of aromatic nitrogens is 2. The summed E-state index contributed by atoms with van der Waals surface area (Å²) in [7, 11) is 0. The molecule has 1 aromatic heterocycles. The Hall–Kier alpha value is -1.00. The predicted molar refractivity (Wildman–Crippen MR) is 42.1 cm³/mol. The molecule has 13 heavy (non-hydrogen) atoms. The number of halogens is 3. The fraction of sp³-hybridized carbons (Fsp3) is 0.625. The largest absolute Gasteiger partial charge is 0.333 e. The average molecular weight is 192 g/mol. The minimum Gasteiger partial charge on any atom is -0.208 e. The highest BCUT2D eigenvalue weighted by Crippen LogP contribution is 2.25. The van der Waals surface area contributed by atoms with Gasteiger partial charge in [-0.1, -0.05) is 20.8 Å². The lowest BCUT2D eigenvalue weighted by molar-refractivity contribution is 0.0548. The highest BCUT2D eigenvalue weighted by molar-refractivity contribution is 5.17. The van der Waals surface area contributed by atoms with Crippen LogP contribution < -0.4 is 0 Å². The first kappa shape index (κ1) is 10.1. The van der Waals surface area contributed by atoms with E-state index in [4.69, 9.17) is 0 Å². The number of alkyl halides is 2. The fourth-order valence-electron chi connectivity index (χ4n) is 0.973. The van der Waals surface area contributed by atoms with Crippen molar-refractivity contribution in [1.29, 1.82) is 0 Å². The van der Waals surface area contributed by atoms with Gasteiger partial charge in [-0.15, -0.1) is 5.10 Å². The number of hydrogen-bond donors (Lipinski definition) is 0. The van der Waals surface area contributed by atoms with E-state index in [2.05, 4.69) is 5.10 Å². The molecule has 0 aliphatic heterocycles. The standard InChI is InChI=1S/C8H11F3N2/c1-8(2,3)5-4-13(7(10)11)12-6(5)9/h4,7H,1-3H3. The minimum absolute atomic E-state index is 0.202. The molecule has 0 N–H and O–H groups in total. The zero-order valence-electron chi connectivity index (χ0n) is 7.68. The number of hydrogen-bond acceptors (Lipinski definition) is 1. The quantitative estimate of drug-likeness (QED) is 0.668. The fourth-order valence-corrected chi connectivity index (χ4v) is 0.973. The summed E-state index contributed by atoms with van der Waals surface area (Å²) in [5.74, 6) is -0.826. The van der Waals surface area contributed by atoms with Crippen LogP contribution in [0, 0.1) is 5.95 Å². The van der Waals surface area contributed by atoms with E-state index in [0.29, 0.717) is 4.68 Å². The lowest BCUT2D eigenvalue weighted by Crippen LogP contribution is -2.11. The molecule has 0 unspecified atom stereocenters. The van der Waals surface area contributed by atoms with E-state index in [9.17, 15) is 13.2 Å². The Bertz CT molecular complexity index is 299. The van der Waals surface area contributed by atoms with Gasteiger partial charge >= 0.3 is 6.55 Å². The van der Waals surface area contributed by atoms with Crippen LogP contribution in [0.15, 0.2) is 6.20 Å². The van der Waals surface area contributed by atoms with E-state index in [1.54, 1.807) is 20.8 Å². The van der Waals surface area contributed by atoms with Gasteiger partial charge in [0.25, 0.3) is 0 Å². The van der Waals surface area contributed by atoms with Crippen molar-refractivity contribution in [3.05, 3.63) is 17.7 Å². The average Bonchev–Trinajstić information content (AvgIpc) is 2.29. The summed E-state index contributed by atoms with van der Waals surface area (Å²) in [6.07, 6.45) is 1.04. The number of nitrogens with zero attached hydrogens (tertiary/aromatic N) is 2. The second-order valence-electron chi connectivity index (χ2n) is 3.84. The van der Waals surface area contributed by atoms with Gasteiger partial charge in [-0.3, -0.25) is 0 Å². The van der Waals surface area contributed by atoms with Crippen molar-refractivity contribution in [2.75, 3.05) is 0 Å². The van der Waals surface area contributed by atoms with Crippen LogP contribution in [0.1, 0.15) is 32.9 Å². The normalized spacial score (nSPS) is 12.5. The Morgan fingerprint density at radius 2 is 1.92 bits per heavy atom. The molecule has 5 heteroatoms. The van der Waals surface area contributed by atoms with Crippen LogP contribution in [-0.2, 0) is 5.41 Å². The molecular formula is C8H11F3N2. The SMILES string of the molecule is CC(C)(C)c1cn(C(F)F)nc1F. The number of rotatable bonds is 1. The summed E-state index contributed by atoms with van der Waals surface area (Å²) in [5, 5.41) is 3.08. The zero-order chi connectivity index (χ0) is 10.2. The van der Waals surface area contributed by atoms with Crippen LogP contribution in [0.2, 0.25) is 0 Å². The lowest BCUT2D eigenvalue weighted by atomic mass is 9.89. The van der Waals surface area contributed by atoms with Gasteiger partial charge in [0.15, 0.2) is 0 Å². The molecule has 0 aliphatic rings. The molecule has 0 aliphatic carbocycles. The maximum absolute atomic E-state index is 13.0. The molecule has 1 aromatic rings. The van der Waals surface area contributed by atoms with Gasteiger partial charge in [0.05, 0.1) is 0 Å². The van der Waals surface area contributed by atoms with Crippen molar-refractivity contribution in [2.45, 2.75) is 32.7 Å². The van der Waals surface area contributed by atoms with Crippen molar-refractivity contribution in [3.8, 4) is 0 Å². The molecular weight excluding hydrogens is 181 g/mol. The van der Waals surface area contributed by atoms with Crippen molar-refractivity contribution in [2.24, 2.45) is 0 Å². The molecule has 74 valence electrons. The summed E-state index contributed by atoms with van der Waals surface area (Å²) in [6.45, 7) is 2.43. The van der Waals surface area contributed by atoms with E-state index < -0.39 is 17.9 Å². The van der Waals surface area contributed by atoms with Gasteiger partial charge in [0, 0.05) is 11.8 Å². The molecule has 0 saturated heterocycles. The zero-order valence-corrected chi connectivity index (χ0v) is 7.68. The maximum Gasteiger partial charge on any atom is 0.333 e. The summed E-state index contributed by atoms with van der Waals surface area (Å²) in [5.41, 5.74) is -0.301. The molecule has 0 aromatic carbocycles. The first-order valence-electron chi connectivity index (χ1n) is 3.85. The molecule has 2 nitrogen and oxygen atoms in total. The lowest BCUT2D eigenvalue weighted by Gasteiger charge is -2.15. The second-order valence-corrected chi connectivity index (χ2v) is 3.84. The highest BCUT2D eigenvalue weighted by Gasteiger charge is 2.23. The van der Waals surface area contributed by atoms with Crippen molar-refractivity contribution < 1.29 is 13.2 Å². The van der Waals surface area contributed by atoms with Crippen LogP contribution in [0.25, 0.3) is 0 Å². The first-order valence-corrected chi connectivity index (χ1v) is 3.85. The molecule has 0 radical (unpaired) electrons. The Balaban J connectivity index is 3.11. The Morgan fingerprint density at radius 1 is 1.38 bits per heavy atom. The smallest absolute Gasteiger partial charge is 0.208 e. The topological polar surface area (TPSA) is 17.8 Å². The van der Waals surface area contributed by atoms with Crippen LogP contribution in [0.5, 0.6) is 0 Å². The van der Waals surface area contributed by atoms with Crippen LogP contribution in [-0.4, -0.2) is 9.78 Å². The van der Waals surface area contributed by atoms with Gasteiger partial charge in [-0.25, -0.2) is 4.68 Å². The van der Waals surface area contributed by atoms with E-state index in [0.717, 1.165) is 6.20 Å². The minimum atomic E-state index is -2.79. The second kappa shape index (κ2) is 3.05. The Morgan fingerprint density at radius 3 is 2.15 bits per heavy atom. The van der Waals surface area contributed by atoms with Gasteiger partial charge in [-0.05, 0) is 5.41 Å². The molecule has 0 bridgehead atoms. The first-order chi connectivity index (χ1) is 5.82. The molecule has 0 fully saturated rings. The van der Waals surface area contributed by atoms with Crippen LogP contribution >= 0.6 is 0 Å². The van der Waals surface area contributed by atoms with E-state index >= 15 is 0 Å². The monoisotopic (exact) mass is 192 g/mol. The molecule has 0 saturated carbocycles. The third kappa shape index (κ3) is 2.02. The van der Waals surface area contributed by atoms with Crippen molar-refractivity contribution in [1.82, 2.24) is 9.78 Å².